The minimum Gasteiger partial charge on any atom is -0.467 e. The fraction of sp³-hybridized carbons (Fsp3) is 0.417. The molecule has 0 fully saturated rings. The molecule has 1 unspecified atom stereocenters. The molecular formula is C12H15N3O2S. The van der Waals surface area contributed by atoms with Gasteiger partial charge in [-0.25, -0.2) is 14.8 Å². The highest BCUT2D eigenvalue weighted by Gasteiger charge is 2.17. The van der Waals surface area contributed by atoms with Crippen LogP contribution in [0.25, 0.3) is 10.2 Å². The van der Waals surface area contributed by atoms with Gasteiger partial charge < -0.3 is 10.1 Å². The molecule has 0 aliphatic rings. The molecule has 6 heteroatoms. The van der Waals surface area contributed by atoms with E-state index in [1.54, 1.807) is 18.3 Å². The average molecular weight is 265 g/mol. The number of ether oxygens (including phenoxy) is 1. The number of hydrogen-bond donors (Lipinski definition) is 1. The van der Waals surface area contributed by atoms with Crippen molar-refractivity contribution in [3.05, 3.63) is 16.8 Å². The summed E-state index contributed by atoms with van der Waals surface area (Å²) in [6, 6.07) is -0.437. The molecule has 0 aliphatic heterocycles. The summed E-state index contributed by atoms with van der Waals surface area (Å²) in [6.07, 6.45) is 1.50. The van der Waals surface area contributed by atoms with E-state index in [1.807, 2.05) is 6.92 Å². The number of esters is 1. The molecular weight excluding hydrogens is 250 g/mol. The van der Waals surface area contributed by atoms with Gasteiger partial charge in [-0.3, -0.25) is 0 Å². The predicted octanol–water partition coefficient (Wildman–Crippen LogP) is 2.28. The lowest BCUT2D eigenvalue weighted by molar-refractivity contribution is -0.141. The van der Waals surface area contributed by atoms with Gasteiger partial charge in [0.15, 0.2) is 0 Å². The molecule has 2 heterocycles. The fourth-order valence-corrected chi connectivity index (χ4v) is 2.73. The van der Waals surface area contributed by atoms with Gasteiger partial charge in [0.2, 0.25) is 0 Å². The highest BCUT2D eigenvalue weighted by molar-refractivity contribution is 7.18. The first kappa shape index (κ1) is 12.8. The quantitative estimate of drug-likeness (QED) is 0.863. The Hall–Kier alpha value is -1.69. The van der Waals surface area contributed by atoms with Crippen LogP contribution in [0.2, 0.25) is 0 Å². The highest BCUT2D eigenvalue weighted by Crippen LogP contribution is 2.32. The van der Waals surface area contributed by atoms with E-state index in [1.165, 1.54) is 18.3 Å². The number of aromatic nitrogens is 2. The summed E-state index contributed by atoms with van der Waals surface area (Å²) in [5.74, 6) is 0.367. The normalized spacial score (nSPS) is 12.4. The molecule has 2 rings (SSSR count). The van der Waals surface area contributed by atoms with E-state index in [-0.39, 0.29) is 5.97 Å². The van der Waals surface area contributed by atoms with Crippen molar-refractivity contribution in [2.45, 2.75) is 26.8 Å². The third kappa shape index (κ3) is 2.15. The zero-order chi connectivity index (χ0) is 13.3. The van der Waals surface area contributed by atoms with Crippen LogP contribution in [-0.2, 0) is 9.53 Å². The smallest absolute Gasteiger partial charge is 0.328 e. The standard InChI is InChI=1S/C12H15N3O2S/c1-6-8(3)18-11-9(6)10(13-5-14-11)15-7(2)12(16)17-4/h5,7H,1-4H3,(H,13,14,15). The van der Waals surface area contributed by atoms with E-state index >= 15 is 0 Å². The first-order valence-corrected chi connectivity index (χ1v) is 6.41. The fourth-order valence-electron chi connectivity index (χ4n) is 1.73. The second-order valence-electron chi connectivity index (χ2n) is 4.07. The maximum atomic E-state index is 11.4. The maximum Gasteiger partial charge on any atom is 0.328 e. The van der Waals surface area contributed by atoms with Crippen LogP contribution in [0.15, 0.2) is 6.33 Å². The summed E-state index contributed by atoms with van der Waals surface area (Å²) in [5, 5.41) is 4.05. The van der Waals surface area contributed by atoms with Crippen molar-refractivity contribution in [3.63, 3.8) is 0 Å². The maximum absolute atomic E-state index is 11.4. The van der Waals surface area contributed by atoms with Gasteiger partial charge in [0.25, 0.3) is 0 Å². The van der Waals surface area contributed by atoms with Gasteiger partial charge in [0.05, 0.1) is 12.5 Å². The second-order valence-corrected chi connectivity index (χ2v) is 5.28. The molecule has 5 nitrogen and oxygen atoms in total. The van der Waals surface area contributed by atoms with Gasteiger partial charge in [0.1, 0.15) is 23.0 Å². The lowest BCUT2D eigenvalue weighted by atomic mass is 10.2. The number of anilines is 1. The molecule has 2 aromatic heterocycles. The van der Waals surface area contributed by atoms with Crippen LogP contribution >= 0.6 is 11.3 Å². The van der Waals surface area contributed by atoms with Crippen molar-refractivity contribution >= 4 is 33.3 Å². The largest absolute Gasteiger partial charge is 0.467 e. The number of methoxy groups -OCH3 is 1. The Morgan fingerprint density at radius 3 is 2.83 bits per heavy atom. The highest BCUT2D eigenvalue weighted by atomic mass is 32.1. The predicted molar refractivity (Wildman–Crippen MR) is 72.0 cm³/mol. The Labute approximate surface area is 109 Å². The van der Waals surface area contributed by atoms with Crippen LogP contribution < -0.4 is 5.32 Å². The Morgan fingerprint density at radius 2 is 2.17 bits per heavy atom. The van der Waals surface area contributed by atoms with Crippen LogP contribution in [0.4, 0.5) is 5.82 Å². The number of nitrogens with one attached hydrogen (secondary N) is 1. The van der Waals surface area contributed by atoms with Crippen molar-refractivity contribution in [2.24, 2.45) is 0 Å². The average Bonchev–Trinajstić information content (AvgIpc) is 2.65. The number of hydrogen-bond acceptors (Lipinski definition) is 6. The summed E-state index contributed by atoms with van der Waals surface area (Å²) in [5.41, 5.74) is 1.15. The Kier molecular flexibility index (Phi) is 3.47. The number of rotatable bonds is 3. The third-order valence-corrected chi connectivity index (χ3v) is 3.99. The summed E-state index contributed by atoms with van der Waals surface area (Å²) in [6.45, 7) is 5.83. The van der Waals surface area contributed by atoms with Crippen LogP contribution in [0.5, 0.6) is 0 Å². The van der Waals surface area contributed by atoms with Crippen LogP contribution in [0, 0.1) is 13.8 Å². The Morgan fingerprint density at radius 1 is 1.44 bits per heavy atom. The van der Waals surface area contributed by atoms with E-state index < -0.39 is 6.04 Å². The van der Waals surface area contributed by atoms with E-state index in [2.05, 4.69) is 26.9 Å². The van der Waals surface area contributed by atoms with Crippen molar-refractivity contribution in [3.8, 4) is 0 Å². The molecule has 0 saturated heterocycles. The molecule has 2 aromatic rings. The topological polar surface area (TPSA) is 64.1 Å². The molecule has 18 heavy (non-hydrogen) atoms. The van der Waals surface area contributed by atoms with Crippen LogP contribution in [0.3, 0.4) is 0 Å². The SMILES string of the molecule is COC(=O)C(C)Nc1ncnc2sc(C)c(C)c12. The lowest BCUT2D eigenvalue weighted by Crippen LogP contribution is -2.27. The van der Waals surface area contributed by atoms with Crippen molar-refractivity contribution in [1.82, 2.24) is 9.97 Å². The van der Waals surface area contributed by atoms with Gasteiger partial charge in [-0.05, 0) is 26.3 Å². The number of carbonyl (C=O) groups is 1. The molecule has 1 N–H and O–H groups in total. The van der Waals surface area contributed by atoms with Gasteiger partial charge in [-0.1, -0.05) is 0 Å². The number of aryl methyl sites for hydroxylation is 2. The van der Waals surface area contributed by atoms with Crippen molar-refractivity contribution in [2.75, 3.05) is 12.4 Å². The van der Waals surface area contributed by atoms with Crippen LogP contribution in [0.1, 0.15) is 17.4 Å². The molecule has 0 bridgehead atoms. The van der Waals surface area contributed by atoms with Gasteiger partial charge >= 0.3 is 5.97 Å². The minimum absolute atomic E-state index is 0.314. The summed E-state index contributed by atoms with van der Waals surface area (Å²) >= 11 is 1.63. The monoisotopic (exact) mass is 265 g/mol. The molecule has 0 spiro atoms. The first-order chi connectivity index (χ1) is 8.54. The minimum atomic E-state index is -0.437. The van der Waals surface area contributed by atoms with Crippen molar-refractivity contribution < 1.29 is 9.53 Å². The molecule has 0 aliphatic carbocycles. The number of carbonyl (C=O) groups excluding carboxylic acids is 1. The summed E-state index contributed by atoms with van der Waals surface area (Å²) in [4.78, 5) is 22.0. The third-order valence-electron chi connectivity index (χ3n) is 2.87. The molecule has 1 atom stereocenters. The number of thiophene rings is 1. The molecule has 96 valence electrons. The van der Waals surface area contributed by atoms with Gasteiger partial charge in [0, 0.05) is 4.88 Å². The van der Waals surface area contributed by atoms with E-state index in [9.17, 15) is 4.79 Å². The van der Waals surface area contributed by atoms with Crippen molar-refractivity contribution in [1.29, 1.82) is 0 Å². The number of fused-ring (bicyclic) bond motifs is 1. The van der Waals surface area contributed by atoms with Crippen LogP contribution in [-0.4, -0.2) is 29.1 Å². The Bertz CT molecular complexity index is 594. The Balaban J connectivity index is 2.42. The zero-order valence-corrected chi connectivity index (χ0v) is 11.6. The lowest BCUT2D eigenvalue weighted by Gasteiger charge is -2.12. The zero-order valence-electron chi connectivity index (χ0n) is 10.8. The molecule has 0 radical (unpaired) electrons. The van der Waals surface area contributed by atoms with Gasteiger partial charge in [-0.2, -0.15) is 0 Å². The molecule has 0 amide bonds. The molecule has 0 aromatic carbocycles. The van der Waals surface area contributed by atoms with Gasteiger partial charge in [-0.15, -0.1) is 11.3 Å². The first-order valence-electron chi connectivity index (χ1n) is 5.59. The van der Waals surface area contributed by atoms with E-state index in [4.69, 9.17) is 0 Å². The second kappa shape index (κ2) is 4.89. The summed E-state index contributed by atoms with van der Waals surface area (Å²) in [7, 11) is 1.37. The summed E-state index contributed by atoms with van der Waals surface area (Å²) < 4.78 is 4.69. The number of nitrogens with zero attached hydrogens (tertiary/aromatic N) is 2. The molecule has 0 saturated carbocycles. The van der Waals surface area contributed by atoms with E-state index in [0.29, 0.717) is 5.82 Å². The van der Waals surface area contributed by atoms with E-state index in [0.717, 1.165) is 15.8 Å².